The molecule has 2 nitrogen and oxygen atoms in total. The van der Waals surface area contributed by atoms with Crippen LogP contribution in [0.3, 0.4) is 0 Å². The summed E-state index contributed by atoms with van der Waals surface area (Å²) in [5.41, 5.74) is 9.83. The first-order chi connectivity index (χ1) is 31.7. The number of hydrogen-bond acceptors (Lipinski definition) is 2. The summed E-state index contributed by atoms with van der Waals surface area (Å²) in [5, 5.41) is 20.0. The maximum Gasteiger partial charge on any atom is 0.136 e. The van der Waals surface area contributed by atoms with Crippen molar-refractivity contribution in [2.75, 3.05) is 4.90 Å². The normalized spacial score (nSPS) is 12.1. The van der Waals surface area contributed by atoms with E-state index in [1.54, 1.807) is 0 Å². The van der Waals surface area contributed by atoms with Crippen molar-refractivity contribution >= 4 is 114 Å². The van der Waals surface area contributed by atoms with Crippen molar-refractivity contribution in [2.45, 2.75) is 0 Å². The summed E-state index contributed by atoms with van der Waals surface area (Å²) in [6.45, 7) is 0. The van der Waals surface area contributed by atoms with Gasteiger partial charge < -0.3 is 9.32 Å². The molecule has 0 unspecified atom stereocenters. The molecule has 14 aromatic rings. The number of hydrogen-bond donors (Lipinski definition) is 0. The molecule has 0 N–H and O–H groups in total. The third-order valence-corrected chi connectivity index (χ3v) is 13.8. The SMILES string of the molecule is c1ccc2c(-c3ccc(N(c4ccc(-c5cccc6oc7ccccc7c56)cc4)c4cc5cccc6c7cccc8ccc9cccc(c%10cccc4c%10c56)c9c87)cc3)cccc2c1. The summed E-state index contributed by atoms with van der Waals surface area (Å²) >= 11 is 0. The van der Waals surface area contributed by atoms with Crippen molar-refractivity contribution < 1.29 is 4.42 Å². The minimum absolute atomic E-state index is 0.899. The van der Waals surface area contributed by atoms with Crippen LogP contribution in [0.25, 0.3) is 120 Å². The predicted octanol–water partition coefficient (Wildman–Crippen LogP) is 17.9. The van der Waals surface area contributed by atoms with Gasteiger partial charge in [-0.3, -0.25) is 0 Å². The van der Waals surface area contributed by atoms with Crippen LogP contribution < -0.4 is 4.90 Å². The van der Waals surface area contributed by atoms with Crippen molar-refractivity contribution in [3.8, 4) is 22.3 Å². The van der Waals surface area contributed by atoms with E-state index in [-0.39, 0.29) is 0 Å². The molecule has 0 aliphatic heterocycles. The van der Waals surface area contributed by atoms with Gasteiger partial charge in [0.1, 0.15) is 11.2 Å². The Bertz CT molecular complexity index is 4170. The van der Waals surface area contributed by atoms with Crippen LogP contribution in [0.15, 0.2) is 229 Å². The topological polar surface area (TPSA) is 16.4 Å². The van der Waals surface area contributed by atoms with E-state index in [1.807, 2.05) is 6.07 Å². The van der Waals surface area contributed by atoms with Gasteiger partial charge in [0.15, 0.2) is 0 Å². The van der Waals surface area contributed by atoms with Crippen LogP contribution in [0.4, 0.5) is 17.1 Å². The minimum Gasteiger partial charge on any atom is -0.456 e. The predicted molar refractivity (Wildman–Crippen MR) is 273 cm³/mol. The smallest absolute Gasteiger partial charge is 0.136 e. The van der Waals surface area contributed by atoms with Gasteiger partial charge in [-0.05, 0) is 129 Å². The van der Waals surface area contributed by atoms with E-state index in [4.69, 9.17) is 4.42 Å². The van der Waals surface area contributed by atoms with Crippen LogP contribution >= 0.6 is 0 Å². The Kier molecular flexibility index (Phi) is 7.43. The van der Waals surface area contributed by atoms with Gasteiger partial charge in [0.2, 0.25) is 0 Å². The fourth-order valence-electron chi connectivity index (χ4n) is 11.0. The fraction of sp³-hybridized carbons (Fsp3) is 0. The van der Waals surface area contributed by atoms with Crippen molar-refractivity contribution in [1.29, 1.82) is 0 Å². The Morgan fingerprint density at radius 1 is 0.266 bits per heavy atom. The molecule has 14 rings (SSSR count). The van der Waals surface area contributed by atoms with E-state index in [2.05, 4.69) is 223 Å². The van der Waals surface area contributed by atoms with Crippen LogP contribution in [0, 0.1) is 0 Å². The van der Waals surface area contributed by atoms with Crippen LogP contribution in [-0.2, 0) is 0 Å². The first-order valence-corrected chi connectivity index (χ1v) is 22.1. The van der Waals surface area contributed by atoms with Gasteiger partial charge in [-0.15, -0.1) is 0 Å². The second-order valence-corrected chi connectivity index (χ2v) is 17.1. The third-order valence-electron chi connectivity index (χ3n) is 13.8. The molecule has 0 atom stereocenters. The highest BCUT2D eigenvalue weighted by Gasteiger charge is 2.22. The van der Waals surface area contributed by atoms with Crippen LogP contribution in [0.1, 0.15) is 0 Å². The van der Waals surface area contributed by atoms with Gasteiger partial charge in [0, 0.05) is 32.9 Å². The van der Waals surface area contributed by atoms with Crippen molar-refractivity contribution in [2.24, 2.45) is 0 Å². The van der Waals surface area contributed by atoms with E-state index in [0.29, 0.717) is 0 Å². The third kappa shape index (κ3) is 5.08. The highest BCUT2D eigenvalue weighted by Crippen LogP contribution is 2.49. The lowest BCUT2D eigenvalue weighted by molar-refractivity contribution is 0.669. The zero-order valence-electron chi connectivity index (χ0n) is 34.7. The number of para-hydroxylation sites is 1. The Hall–Kier alpha value is -8.46. The molecule has 0 radical (unpaired) electrons. The summed E-state index contributed by atoms with van der Waals surface area (Å²) in [6, 6.07) is 82.6. The summed E-state index contributed by atoms with van der Waals surface area (Å²) < 4.78 is 6.32. The number of fused-ring (bicyclic) bond motifs is 6. The molecular weight excluding hydrogens is 775 g/mol. The van der Waals surface area contributed by atoms with Gasteiger partial charge >= 0.3 is 0 Å². The van der Waals surface area contributed by atoms with E-state index >= 15 is 0 Å². The summed E-state index contributed by atoms with van der Waals surface area (Å²) in [6.07, 6.45) is 0. The molecule has 1 heterocycles. The van der Waals surface area contributed by atoms with Crippen LogP contribution in [0.5, 0.6) is 0 Å². The quantitative estimate of drug-likeness (QED) is 0.161. The molecule has 0 aliphatic rings. The molecular formula is C62H37NO. The molecule has 64 heavy (non-hydrogen) atoms. The molecule has 0 fully saturated rings. The van der Waals surface area contributed by atoms with Gasteiger partial charge in [-0.1, -0.05) is 182 Å². The molecule has 0 saturated carbocycles. The standard InChI is InChI=1S/C62H37NO/c1-2-16-46-38(11-1)12-5-18-47(46)39-29-33-44(34-30-39)63(45-35-31-40(32-36-45)48-19-10-26-57-61(48)54-17-3-4-25-56(54)64-57)55-37-43-15-8-22-50-49-20-6-13-41-27-28-42-14-7-21-51(59(42)58(41)49)52-23-9-24-53(55)62(52)60(43)50/h1-37H. The number of furan rings is 1. The fourth-order valence-corrected chi connectivity index (χ4v) is 11.0. The van der Waals surface area contributed by atoms with Gasteiger partial charge in [0.05, 0.1) is 5.69 Å². The van der Waals surface area contributed by atoms with Crippen molar-refractivity contribution in [3.05, 3.63) is 224 Å². The molecule has 0 spiro atoms. The molecule has 2 heteroatoms. The average molecular weight is 812 g/mol. The molecule has 0 aliphatic carbocycles. The molecule has 296 valence electrons. The Morgan fingerprint density at radius 2 is 0.719 bits per heavy atom. The lowest BCUT2D eigenvalue weighted by Crippen LogP contribution is -2.10. The highest BCUT2D eigenvalue weighted by molar-refractivity contribution is 6.38. The largest absolute Gasteiger partial charge is 0.456 e. The highest BCUT2D eigenvalue weighted by atomic mass is 16.3. The molecule has 0 amide bonds. The maximum atomic E-state index is 6.32. The zero-order valence-corrected chi connectivity index (χ0v) is 34.7. The van der Waals surface area contributed by atoms with Crippen LogP contribution in [-0.4, -0.2) is 0 Å². The number of nitrogens with zero attached hydrogens (tertiary/aromatic N) is 1. The molecule has 0 saturated heterocycles. The molecule has 0 bridgehead atoms. The second kappa shape index (κ2) is 13.5. The molecule has 1 aromatic heterocycles. The van der Waals surface area contributed by atoms with E-state index in [1.165, 1.54) is 86.5 Å². The number of rotatable bonds is 5. The Morgan fingerprint density at radius 3 is 1.42 bits per heavy atom. The first kappa shape index (κ1) is 35.2. The second-order valence-electron chi connectivity index (χ2n) is 17.1. The monoisotopic (exact) mass is 811 g/mol. The number of anilines is 3. The summed E-state index contributed by atoms with van der Waals surface area (Å²) in [7, 11) is 0. The van der Waals surface area contributed by atoms with Crippen molar-refractivity contribution in [3.63, 3.8) is 0 Å². The molecule has 13 aromatic carbocycles. The van der Waals surface area contributed by atoms with Crippen LogP contribution in [0.2, 0.25) is 0 Å². The minimum atomic E-state index is 0.899. The van der Waals surface area contributed by atoms with E-state index in [0.717, 1.165) is 50.1 Å². The van der Waals surface area contributed by atoms with E-state index < -0.39 is 0 Å². The first-order valence-electron chi connectivity index (χ1n) is 22.1. The number of benzene rings is 12. The Labute approximate surface area is 368 Å². The lowest BCUT2D eigenvalue weighted by atomic mass is 9.87. The van der Waals surface area contributed by atoms with Crippen molar-refractivity contribution in [1.82, 2.24) is 0 Å². The summed E-state index contributed by atoms with van der Waals surface area (Å²) in [4.78, 5) is 2.46. The van der Waals surface area contributed by atoms with E-state index in [9.17, 15) is 0 Å². The zero-order chi connectivity index (χ0) is 41.9. The van der Waals surface area contributed by atoms with Gasteiger partial charge in [0.25, 0.3) is 0 Å². The Balaban J connectivity index is 1.04. The van der Waals surface area contributed by atoms with Gasteiger partial charge in [-0.25, -0.2) is 0 Å². The van der Waals surface area contributed by atoms with Gasteiger partial charge in [-0.2, -0.15) is 0 Å². The summed E-state index contributed by atoms with van der Waals surface area (Å²) in [5.74, 6) is 0. The lowest BCUT2D eigenvalue weighted by Gasteiger charge is -2.28. The maximum absolute atomic E-state index is 6.32. The average Bonchev–Trinajstić information content (AvgIpc) is 3.75.